The Morgan fingerprint density at radius 3 is 2.14 bits per heavy atom. The van der Waals surface area contributed by atoms with Crippen molar-refractivity contribution in [2.45, 2.75) is 4.90 Å². The smallest absolute Gasteiger partial charge is 0.261 e. The van der Waals surface area contributed by atoms with E-state index >= 15 is 0 Å². The van der Waals surface area contributed by atoms with Gasteiger partial charge < -0.3 is 9.64 Å². The highest BCUT2D eigenvalue weighted by Crippen LogP contribution is 2.19. The summed E-state index contributed by atoms with van der Waals surface area (Å²) in [5, 5.41) is 0. The summed E-state index contributed by atoms with van der Waals surface area (Å²) in [5.41, 5.74) is 1.67. The summed E-state index contributed by atoms with van der Waals surface area (Å²) in [4.78, 5) is 16.8. The Labute approximate surface area is 206 Å². The van der Waals surface area contributed by atoms with Crippen molar-refractivity contribution in [1.29, 1.82) is 0 Å². The van der Waals surface area contributed by atoms with E-state index in [0.29, 0.717) is 24.5 Å². The zero-order valence-electron chi connectivity index (χ0n) is 19.4. The van der Waals surface area contributed by atoms with Gasteiger partial charge in [0.25, 0.3) is 15.9 Å². The van der Waals surface area contributed by atoms with Crippen molar-refractivity contribution in [3.8, 4) is 5.75 Å². The van der Waals surface area contributed by atoms with Crippen LogP contribution >= 0.6 is 0 Å². The molecule has 8 heteroatoms. The minimum Gasteiger partial charge on any atom is -0.484 e. The van der Waals surface area contributed by atoms with Crippen LogP contribution in [0.2, 0.25) is 0 Å². The molecule has 0 unspecified atom stereocenters. The van der Waals surface area contributed by atoms with E-state index in [4.69, 9.17) is 4.74 Å². The third kappa shape index (κ3) is 7.18. The number of sulfonamides is 1. The number of anilines is 1. The lowest BCUT2D eigenvalue weighted by Crippen LogP contribution is -2.49. The van der Waals surface area contributed by atoms with Crippen molar-refractivity contribution < 1.29 is 17.9 Å². The van der Waals surface area contributed by atoms with Crippen LogP contribution in [0.4, 0.5) is 5.69 Å². The highest BCUT2D eigenvalue weighted by atomic mass is 32.2. The zero-order chi connectivity index (χ0) is 24.5. The van der Waals surface area contributed by atoms with Gasteiger partial charge in [0.1, 0.15) is 5.75 Å². The molecule has 1 N–H and O–H groups in total. The van der Waals surface area contributed by atoms with Crippen LogP contribution in [0, 0.1) is 0 Å². The summed E-state index contributed by atoms with van der Waals surface area (Å²) in [6.45, 7) is 3.70. The second-order valence-electron chi connectivity index (χ2n) is 8.23. The Balaban J connectivity index is 1.21. The van der Waals surface area contributed by atoms with Crippen LogP contribution < -0.4 is 9.46 Å². The number of carbonyl (C=O) groups is 1. The maximum absolute atomic E-state index is 12.6. The number of benzene rings is 3. The van der Waals surface area contributed by atoms with Crippen molar-refractivity contribution >= 4 is 27.7 Å². The molecule has 0 aliphatic carbocycles. The first-order chi connectivity index (χ1) is 17.0. The number of carbonyl (C=O) groups excluding carboxylic acids is 1. The molecule has 0 atom stereocenters. The van der Waals surface area contributed by atoms with Crippen LogP contribution in [-0.4, -0.2) is 63.5 Å². The molecule has 0 spiro atoms. The number of piperazine rings is 1. The zero-order valence-corrected chi connectivity index (χ0v) is 20.2. The maximum atomic E-state index is 12.6. The van der Waals surface area contributed by atoms with Gasteiger partial charge in [-0.25, -0.2) is 8.42 Å². The lowest BCUT2D eigenvalue weighted by atomic mass is 10.2. The largest absolute Gasteiger partial charge is 0.484 e. The standard InChI is InChI=1S/C27H29N3O4S/c31-27(30-20-18-29(19-21-30)17-7-10-23-8-3-1-4-9-23)22-34-25-13-15-26(16-14-25)35(32,33)28-24-11-5-2-6-12-24/h1-16,28H,17-22H2/b10-7+. The number of hydrogen-bond donors (Lipinski definition) is 1. The van der Waals surface area contributed by atoms with E-state index in [1.165, 1.54) is 17.7 Å². The van der Waals surface area contributed by atoms with Crippen molar-refractivity contribution in [3.05, 3.63) is 96.6 Å². The Bertz CT molecular complexity index is 1220. The third-order valence-electron chi connectivity index (χ3n) is 5.72. The van der Waals surface area contributed by atoms with Crippen molar-refractivity contribution in [1.82, 2.24) is 9.80 Å². The van der Waals surface area contributed by atoms with Gasteiger partial charge in [-0.3, -0.25) is 14.4 Å². The molecule has 1 aliphatic rings. The first-order valence-corrected chi connectivity index (χ1v) is 13.0. The van der Waals surface area contributed by atoms with Gasteiger partial charge >= 0.3 is 0 Å². The number of nitrogens with zero attached hydrogens (tertiary/aromatic N) is 2. The molecule has 1 saturated heterocycles. The molecule has 1 heterocycles. The first kappa shape index (κ1) is 24.5. The number of ether oxygens (including phenoxy) is 1. The predicted molar refractivity (Wildman–Crippen MR) is 138 cm³/mol. The molecule has 1 amide bonds. The fraction of sp³-hybridized carbons (Fsp3) is 0.222. The number of hydrogen-bond acceptors (Lipinski definition) is 5. The summed E-state index contributed by atoms with van der Waals surface area (Å²) >= 11 is 0. The number of para-hydroxylation sites is 1. The molecular formula is C27H29N3O4S. The molecule has 0 bridgehead atoms. The SMILES string of the molecule is O=C(COc1ccc(S(=O)(=O)Nc2ccccc2)cc1)N1CCN(C/C=C/c2ccccc2)CC1. The van der Waals surface area contributed by atoms with Crippen molar-refractivity contribution in [2.24, 2.45) is 0 Å². The second-order valence-corrected chi connectivity index (χ2v) is 9.91. The van der Waals surface area contributed by atoms with E-state index in [1.54, 1.807) is 41.3 Å². The summed E-state index contributed by atoms with van der Waals surface area (Å²) < 4.78 is 33.2. The molecule has 182 valence electrons. The van der Waals surface area contributed by atoms with Gasteiger partial charge in [-0.05, 0) is 42.0 Å². The molecule has 35 heavy (non-hydrogen) atoms. The lowest BCUT2D eigenvalue weighted by molar-refractivity contribution is -0.135. The normalized spacial score (nSPS) is 14.7. The molecule has 0 saturated carbocycles. The third-order valence-corrected chi connectivity index (χ3v) is 7.12. The molecule has 1 fully saturated rings. The second kappa shape index (κ2) is 11.7. The van der Waals surface area contributed by atoms with Gasteiger partial charge in [-0.1, -0.05) is 60.7 Å². The molecule has 0 radical (unpaired) electrons. The first-order valence-electron chi connectivity index (χ1n) is 11.5. The van der Waals surface area contributed by atoms with E-state index in [-0.39, 0.29) is 17.4 Å². The van der Waals surface area contributed by atoms with Gasteiger partial charge in [-0.2, -0.15) is 0 Å². The van der Waals surface area contributed by atoms with Crippen LogP contribution in [0.3, 0.4) is 0 Å². The molecule has 0 aromatic heterocycles. The monoisotopic (exact) mass is 491 g/mol. The molecule has 4 rings (SSSR count). The van der Waals surface area contributed by atoms with E-state index in [2.05, 4.69) is 33.9 Å². The van der Waals surface area contributed by atoms with Crippen molar-refractivity contribution in [3.63, 3.8) is 0 Å². The highest BCUT2D eigenvalue weighted by molar-refractivity contribution is 7.92. The Hall–Kier alpha value is -3.62. The van der Waals surface area contributed by atoms with Gasteiger partial charge in [0, 0.05) is 38.4 Å². The quantitative estimate of drug-likeness (QED) is 0.494. The van der Waals surface area contributed by atoms with Gasteiger partial charge in [-0.15, -0.1) is 0 Å². The van der Waals surface area contributed by atoms with Crippen LogP contribution in [0.1, 0.15) is 5.56 Å². The minimum absolute atomic E-state index is 0.0769. The van der Waals surface area contributed by atoms with Gasteiger partial charge in [0.2, 0.25) is 0 Å². The van der Waals surface area contributed by atoms with Gasteiger partial charge in [0.05, 0.1) is 4.90 Å². The fourth-order valence-corrected chi connectivity index (χ4v) is 4.81. The van der Waals surface area contributed by atoms with Gasteiger partial charge in [0.15, 0.2) is 6.61 Å². The number of nitrogens with one attached hydrogen (secondary N) is 1. The van der Waals surface area contributed by atoms with Crippen LogP contribution in [0.25, 0.3) is 6.08 Å². The molecule has 3 aromatic rings. The van der Waals surface area contributed by atoms with E-state index in [1.807, 2.05) is 24.3 Å². The Morgan fingerprint density at radius 1 is 0.857 bits per heavy atom. The highest BCUT2D eigenvalue weighted by Gasteiger charge is 2.21. The Kier molecular flexibility index (Phi) is 8.18. The van der Waals surface area contributed by atoms with Crippen molar-refractivity contribution in [2.75, 3.05) is 44.1 Å². The molecule has 3 aromatic carbocycles. The van der Waals surface area contributed by atoms with E-state index in [9.17, 15) is 13.2 Å². The molecule has 7 nitrogen and oxygen atoms in total. The summed E-state index contributed by atoms with van der Waals surface area (Å²) in [6.07, 6.45) is 4.26. The summed E-state index contributed by atoms with van der Waals surface area (Å²) in [7, 11) is -3.70. The lowest BCUT2D eigenvalue weighted by Gasteiger charge is -2.34. The summed E-state index contributed by atoms with van der Waals surface area (Å²) in [5.74, 6) is 0.369. The van der Waals surface area contributed by atoms with E-state index in [0.717, 1.165) is 19.6 Å². The molecular weight excluding hydrogens is 462 g/mol. The predicted octanol–water partition coefficient (Wildman–Crippen LogP) is 3.72. The average Bonchev–Trinajstić information content (AvgIpc) is 2.89. The number of rotatable bonds is 9. The number of amides is 1. The van der Waals surface area contributed by atoms with E-state index < -0.39 is 10.0 Å². The fourth-order valence-electron chi connectivity index (χ4n) is 3.75. The van der Waals surface area contributed by atoms with Crippen LogP contribution in [0.15, 0.2) is 95.9 Å². The molecule has 1 aliphatic heterocycles. The topological polar surface area (TPSA) is 78.9 Å². The Morgan fingerprint density at radius 2 is 1.49 bits per heavy atom. The minimum atomic E-state index is -3.70. The average molecular weight is 492 g/mol. The summed E-state index contributed by atoms with van der Waals surface area (Å²) in [6, 6.07) is 24.9. The van der Waals surface area contributed by atoms with Crippen LogP contribution in [-0.2, 0) is 14.8 Å². The maximum Gasteiger partial charge on any atom is 0.261 e. The van der Waals surface area contributed by atoms with Crippen LogP contribution in [0.5, 0.6) is 5.75 Å².